The maximum absolute atomic E-state index is 6.21. The minimum Gasteiger partial charge on any atom is -0.310 e. The largest absolute Gasteiger partial charge is 0.310 e. The molecule has 0 spiro atoms. The van der Waals surface area contributed by atoms with Crippen LogP contribution in [-0.4, -0.2) is 6.54 Å². The third kappa shape index (κ3) is 6.16. The Balaban J connectivity index is 2.24. The SMILES string of the molecule is CCCCCCCCNC(C)c1cccc(Cl)c1Cl. The molecule has 1 N–H and O–H groups in total. The molecule has 19 heavy (non-hydrogen) atoms. The highest BCUT2D eigenvalue weighted by molar-refractivity contribution is 6.42. The van der Waals surface area contributed by atoms with Gasteiger partial charge < -0.3 is 5.32 Å². The van der Waals surface area contributed by atoms with Gasteiger partial charge in [0.15, 0.2) is 0 Å². The van der Waals surface area contributed by atoms with E-state index in [1.165, 1.54) is 38.5 Å². The van der Waals surface area contributed by atoms with Crippen molar-refractivity contribution in [1.82, 2.24) is 5.32 Å². The van der Waals surface area contributed by atoms with E-state index in [2.05, 4.69) is 19.2 Å². The van der Waals surface area contributed by atoms with Crippen LogP contribution in [0.5, 0.6) is 0 Å². The van der Waals surface area contributed by atoms with Crippen LogP contribution in [0.4, 0.5) is 0 Å². The smallest absolute Gasteiger partial charge is 0.0639 e. The first kappa shape index (κ1) is 16.8. The monoisotopic (exact) mass is 301 g/mol. The molecule has 0 radical (unpaired) electrons. The molecule has 0 saturated carbocycles. The molecule has 0 amide bonds. The van der Waals surface area contributed by atoms with Crippen LogP contribution in [0.2, 0.25) is 10.0 Å². The number of rotatable bonds is 9. The molecule has 3 heteroatoms. The Morgan fingerprint density at radius 2 is 1.74 bits per heavy atom. The van der Waals surface area contributed by atoms with Crippen molar-refractivity contribution in [2.24, 2.45) is 0 Å². The molecule has 0 heterocycles. The third-order valence-electron chi connectivity index (χ3n) is 3.43. The zero-order valence-corrected chi connectivity index (χ0v) is 13.5. The average Bonchev–Trinajstić information content (AvgIpc) is 2.40. The molecule has 1 rings (SSSR count). The lowest BCUT2D eigenvalue weighted by Crippen LogP contribution is -2.20. The lowest BCUT2D eigenvalue weighted by Gasteiger charge is -2.16. The van der Waals surface area contributed by atoms with Gasteiger partial charge in [-0.1, -0.05) is 74.4 Å². The van der Waals surface area contributed by atoms with Crippen LogP contribution in [0.25, 0.3) is 0 Å². The Morgan fingerprint density at radius 3 is 2.47 bits per heavy atom. The van der Waals surface area contributed by atoms with Gasteiger partial charge in [-0.2, -0.15) is 0 Å². The standard InChI is InChI=1S/C16H25Cl2N/c1-3-4-5-6-7-8-12-19-13(2)14-10-9-11-15(17)16(14)18/h9-11,13,19H,3-8,12H2,1-2H3. The maximum Gasteiger partial charge on any atom is 0.0639 e. The zero-order chi connectivity index (χ0) is 14.1. The summed E-state index contributed by atoms with van der Waals surface area (Å²) in [4.78, 5) is 0. The van der Waals surface area contributed by atoms with E-state index in [-0.39, 0.29) is 6.04 Å². The maximum atomic E-state index is 6.21. The zero-order valence-electron chi connectivity index (χ0n) is 12.0. The van der Waals surface area contributed by atoms with Crippen LogP contribution >= 0.6 is 23.2 Å². The fourth-order valence-electron chi connectivity index (χ4n) is 2.19. The fraction of sp³-hybridized carbons (Fsp3) is 0.625. The summed E-state index contributed by atoms with van der Waals surface area (Å²) in [6.07, 6.45) is 7.92. The van der Waals surface area contributed by atoms with E-state index in [9.17, 15) is 0 Å². The molecule has 1 unspecified atom stereocenters. The molecule has 0 aliphatic rings. The van der Waals surface area contributed by atoms with Crippen LogP contribution in [-0.2, 0) is 0 Å². The van der Waals surface area contributed by atoms with Crippen molar-refractivity contribution in [3.63, 3.8) is 0 Å². The van der Waals surface area contributed by atoms with Crippen molar-refractivity contribution in [3.8, 4) is 0 Å². The van der Waals surface area contributed by atoms with E-state index in [0.29, 0.717) is 10.0 Å². The number of hydrogen-bond acceptors (Lipinski definition) is 1. The molecule has 1 aromatic carbocycles. The van der Waals surface area contributed by atoms with Gasteiger partial charge in [-0.05, 0) is 31.5 Å². The highest BCUT2D eigenvalue weighted by Gasteiger charge is 2.10. The Kier molecular flexibility index (Phi) is 8.52. The average molecular weight is 302 g/mol. The van der Waals surface area contributed by atoms with Gasteiger partial charge in [0.05, 0.1) is 10.0 Å². The number of hydrogen-bond donors (Lipinski definition) is 1. The van der Waals surface area contributed by atoms with Crippen LogP contribution in [0.1, 0.15) is 64.0 Å². The van der Waals surface area contributed by atoms with Gasteiger partial charge in [0.25, 0.3) is 0 Å². The fourth-order valence-corrected chi connectivity index (χ4v) is 2.66. The second-order valence-electron chi connectivity index (χ2n) is 5.09. The molecular weight excluding hydrogens is 277 g/mol. The van der Waals surface area contributed by atoms with Gasteiger partial charge in [-0.25, -0.2) is 0 Å². The lowest BCUT2D eigenvalue weighted by atomic mass is 10.1. The van der Waals surface area contributed by atoms with Gasteiger partial charge in [-0.3, -0.25) is 0 Å². The highest BCUT2D eigenvalue weighted by Crippen LogP contribution is 2.29. The van der Waals surface area contributed by atoms with Crippen molar-refractivity contribution in [2.45, 2.75) is 58.4 Å². The topological polar surface area (TPSA) is 12.0 Å². The summed E-state index contributed by atoms with van der Waals surface area (Å²) in [5.41, 5.74) is 1.08. The quantitative estimate of drug-likeness (QED) is 0.551. The molecule has 0 aromatic heterocycles. The second-order valence-corrected chi connectivity index (χ2v) is 5.87. The van der Waals surface area contributed by atoms with Crippen molar-refractivity contribution in [1.29, 1.82) is 0 Å². The molecule has 1 atom stereocenters. The van der Waals surface area contributed by atoms with E-state index in [1.54, 1.807) is 0 Å². The molecule has 0 saturated heterocycles. The Morgan fingerprint density at radius 1 is 1.05 bits per heavy atom. The predicted octanol–water partition coefficient (Wildman–Crippen LogP) is 6.00. The van der Waals surface area contributed by atoms with Gasteiger partial charge >= 0.3 is 0 Å². The second kappa shape index (κ2) is 9.63. The lowest BCUT2D eigenvalue weighted by molar-refractivity contribution is 0.527. The molecule has 1 nitrogen and oxygen atoms in total. The van der Waals surface area contributed by atoms with E-state index in [1.807, 2.05) is 18.2 Å². The highest BCUT2D eigenvalue weighted by atomic mass is 35.5. The molecule has 0 aliphatic heterocycles. The van der Waals surface area contributed by atoms with E-state index >= 15 is 0 Å². The van der Waals surface area contributed by atoms with Gasteiger partial charge in [0.1, 0.15) is 0 Å². The van der Waals surface area contributed by atoms with Crippen molar-refractivity contribution in [2.75, 3.05) is 6.54 Å². The summed E-state index contributed by atoms with van der Waals surface area (Å²) >= 11 is 12.2. The Labute approximate surface area is 127 Å². The van der Waals surface area contributed by atoms with Crippen LogP contribution in [0.3, 0.4) is 0 Å². The first-order chi connectivity index (χ1) is 9.16. The first-order valence-corrected chi connectivity index (χ1v) is 8.09. The number of benzene rings is 1. The van der Waals surface area contributed by atoms with Gasteiger partial charge in [0.2, 0.25) is 0 Å². The summed E-state index contributed by atoms with van der Waals surface area (Å²) in [7, 11) is 0. The molecule has 0 bridgehead atoms. The normalized spacial score (nSPS) is 12.6. The Bertz CT molecular complexity index is 366. The van der Waals surface area contributed by atoms with Crippen LogP contribution in [0, 0.1) is 0 Å². The molecular formula is C16H25Cl2N. The number of halogens is 2. The molecule has 1 aromatic rings. The van der Waals surface area contributed by atoms with Crippen molar-refractivity contribution in [3.05, 3.63) is 33.8 Å². The summed E-state index contributed by atoms with van der Waals surface area (Å²) in [6, 6.07) is 6.06. The minimum absolute atomic E-state index is 0.252. The van der Waals surface area contributed by atoms with Crippen molar-refractivity contribution >= 4 is 23.2 Å². The number of nitrogens with one attached hydrogen (secondary N) is 1. The van der Waals surface area contributed by atoms with E-state index in [4.69, 9.17) is 23.2 Å². The van der Waals surface area contributed by atoms with E-state index < -0.39 is 0 Å². The Hall–Kier alpha value is -0.240. The van der Waals surface area contributed by atoms with Gasteiger partial charge in [-0.15, -0.1) is 0 Å². The predicted molar refractivity (Wildman–Crippen MR) is 86.3 cm³/mol. The summed E-state index contributed by atoms with van der Waals surface area (Å²) in [6.45, 7) is 5.42. The summed E-state index contributed by atoms with van der Waals surface area (Å²) < 4.78 is 0. The molecule has 108 valence electrons. The minimum atomic E-state index is 0.252. The van der Waals surface area contributed by atoms with Crippen molar-refractivity contribution < 1.29 is 0 Å². The van der Waals surface area contributed by atoms with Crippen LogP contribution in [0.15, 0.2) is 18.2 Å². The summed E-state index contributed by atoms with van der Waals surface area (Å²) in [5.74, 6) is 0. The van der Waals surface area contributed by atoms with Gasteiger partial charge in [0, 0.05) is 6.04 Å². The first-order valence-electron chi connectivity index (χ1n) is 7.34. The van der Waals surface area contributed by atoms with Crippen LogP contribution < -0.4 is 5.32 Å². The summed E-state index contributed by atoms with van der Waals surface area (Å²) in [5, 5.41) is 4.82. The third-order valence-corrected chi connectivity index (χ3v) is 4.26. The molecule has 0 aliphatic carbocycles. The molecule has 0 fully saturated rings. The number of unbranched alkanes of at least 4 members (excludes halogenated alkanes) is 5. The van der Waals surface area contributed by atoms with E-state index in [0.717, 1.165) is 12.1 Å².